The number of carbonyl (C=O) groups excluding carboxylic acids is 2. The summed E-state index contributed by atoms with van der Waals surface area (Å²) >= 11 is 10.1. The fourth-order valence-electron chi connectivity index (χ4n) is 5.42. The molecule has 1 saturated heterocycles. The number of ether oxygens (including phenoxy) is 1. The van der Waals surface area contributed by atoms with Gasteiger partial charge in [-0.3, -0.25) is 9.59 Å². The molecule has 0 aromatic heterocycles. The van der Waals surface area contributed by atoms with E-state index in [0.29, 0.717) is 43.9 Å². The second-order valence-electron chi connectivity index (χ2n) is 10.2. The van der Waals surface area contributed by atoms with Crippen LogP contribution in [0.25, 0.3) is 0 Å². The van der Waals surface area contributed by atoms with Crippen LogP contribution in [0.3, 0.4) is 0 Å². The van der Waals surface area contributed by atoms with E-state index in [9.17, 15) is 14.4 Å². The molecule has 2 aliphatic heterocycles. The molecule has 2 unspecified atom stereocenters. The van der Waals surface area contributed by atoms with Gasteiger partial charge in [0, 0.05) is 47.9 Å². The number of benzene rings is 2. The van der Waals surface area contributed by atoms with Crippen LogP contribution >= 0.6 is 27.5 Å². The maximum atomic E-state index is 14.0. The van der Waals surface area contributed by atoms with Gasteiger partial charge in [-0.1, -0.05) is 65.6 Å². The van der Waals surface area contributed by atoms with E-state index in [1.165, 1.54) is 0 Å². The normalized spacial score (nSPS) is 20.5. The smallest absolute Gasteiger partial charge is 0.450 e. The predicted octanol–water partition coefficient (Wildman–Crippen LogP) is 5.89. The number of piperidine rings is 1. The third-order valence-corrected chi connectivity index (χ3v) is 8.15. The highest BCUT2D eigenvalue weighted by Crippen LogP contribution is 2.42. The Morgan fingerprint density at radius 1 is 1.11 bits per heavy atom. The molecular formula is C28H32BrClN2O5. The third kappa shape index (κ3) is 6.47. The maximum absolute atomic E-state index is 14.0. The molecule has 0 saturated carbocycles. The highest BCUT2D eigenvalue weighted by atomic mass is 79.9. The highest BCUT2D eigenvalue weighted by Gasteiger charge is 2.38. The minimum absolute atomic E-state index is 0.0272. The molecule has 2 atom stereocenters. The van der Waals surface area contributed by atoms with Crippen LogP contribution in [0.5, 0.6) is 0 Å². The van der Waals surface area contributed by atoms with Gasteiger partial charge in [-0.25, -0.2) is 4.79 Å². The lowest BCUT2D eigenvalue weighted by Crippen LogP contribution is -2.48. The van der Waals surface area contributed by atoms with Gasteiger partial charge in [-0.15, -0.1) is 0 Å². The van der Waals surface area contributed by atoms with Gasteiger partial charge in [-0.2, -0.15) is 0 Å². The number of rotatable bonds is 6. The molecule has 0 aliphatic carbocycles. The van der Waals surface area contributed by atoms with Crippen molar-refractivity contribution in [3.8, 4) is 0 Å². The molecule has 7 nitrogen and oxygen atoms in total. The van der Waals surface area contributed by atoms with E-state index in [0.717, 1.165) is 21.2 Å². The quantitative estimate of drug-likeness (QED) is 0.423. The summed E-state index contributed by atoms with van der Waals surface area (Å²) in [7, 11) is 0. The summed E-state index contributed by atoms with van der Waals surface area (Å²) in [4.78, 5) is 41.6. The van der Waals surface area contributed by atoms with Gasteiger partial charge in [0.15, 0.2) is 0 Å². The van der Waals surface area contributed by atoms with Crippen molar-refractivity contribution in [2.45, 2.75) is 51.0 Å². The fraction of sp³-hybridized carbons (Fsp3) is 0.464. The number of hydrogen-bond donors (Lipinski definition) is 1. The van der Waals surface area contributed by atoms with Crippen LogP contribution in [0.4, 0.5) is 4.79 Å². The SMILES string of the molecule is CC(C)CC1C(=O)N(CC(=O)N2CCC(OC(=O)O)CC2)CC(c2ccccc2Br)c2cc(Cl)ccc21. The minimum Gasteiger partial charge on any atom is -0.450 e. The Kier molecular flexibility index (Phi) is 8.80. The molecule has 0 radical (unpaired) electrons. The molecular weight excluding hydrogens is 560 g/mol. The van der Waals surface area contributed by atoms with E-state index in [2.05, 4.69) is 29.8 Å². The van der Waals surface area contributed by atoms with Gasteiger partial charge in [0.2, 0.25) is 11.8 Å². The van der Waals surface area contributed by atoms with Gasteiger partial charge in [0.05, 0.1) is 12.5 Å². The Morgan fingerprint density at radius 3 is 2.46 bits per heavy atom. The molecule has 37 heavy (non-hydrogen) atoms. The first-order valence-electron chi connectivity index (χ1n) is 12.6. The van der Waals surface area contributed by atoms with Crippen LogP contribution in [0, 0.1) is 5.92 Å². The minimum atomic E-state index is -1.30. The van der Waals surface area contributed by atoms with E-state index in [1.54, 1.807) is 9.80 Å². The largest absolute Gasteiger partial charge is 0.506 e. The van der Waals surface area contributed by atoms with Crippen molar-refractivity contribution in [1.29, 1.82) is 0 Å². The molecule has 9 heteroatoms. The zero-order valence-electron chi connectivity index (χ0n) is 21.0. The number of nitrogens with zero attached hydrogens (tertiary/aromatic N) is 2. The lowest BCUT2D eigenvalue weighted by Gasteiger charge is -2.34. The monoisotopic (exact) mass is 590 g/mol. The van der Waals surface area contributed by atoms with Gasteiger partial charge < -0.3 is 19.6 Å². The van der Waals surface area contributed by atoms with Crippen LogP contribution < -0.4 is 0 Å². The van der Waals surface area contributed by atoms with Crippen molar-refractivity contribution in [1.82, 2.24) is 9.80 Å². The van der Waals surface area contributed by atoms with E-state index < -0.39 is 12.3 Å². The predicted molar refractivity (Wildman–Crippen MR) is 145 cm³/mol. The summed E-state index contributed by atoms with van der Waals surface area (Å²) in [5, 5.41) is 9.48. The zero-order chi connectivity index (χ0) is 26.7. The van der Waals surface area contributed by atoms with E-state index in [1.807, 2.05) is 42.5 Å². The molecule has 2 aromatic carbocycles. The number of amides is 2. The first-order valence-corrected chi connectivity index (χ1v) is 13.8. The molecule has 2 aliphatic rings. The second kappa shape index (κ2) is 11.9. The molecule has 1 N–H and O–H groups in total. The molecule has 0 bridgehead atoms. The second-order valence-corrected chi connectivity index (χ2v) is 11.5. The van der Waals surface area contributed by atoms with Crippen molar-refractivity contribution < 1.29 is 24.2 Å². The summed E-state index contributed by atoms with van der Waals surface area (Å²) in [6, 6.07) is 13.7. The van der Waals surface area contributed by atoms with Crippen molar-refractivity contribution in [3.05, 3.63) is 68.7 Å². The maximum Gasteiger partial charge on any atom is 0.506 e. The molecule has 2 aromatic rings. The Balaban J connectivity index is 1.65. The number of carboxylic acid groups (broad SMARTS) is 1. The van der Waals surface area contributed by atoms with E-state index in [4.69, 9.17) is 21.4 Å². The van der Waals surface area contributed by atoms with Crippen molar-refractivity contribution >= 4 is 45.5 Å². The van der Waals surface area contributed by atoms with Crippen LogP contribution in [0.15, 0.2) is 46.9 Å². The Morgan fingerprint density at radius 2 is 1.81 bits per heavy atom. The summed E-state index contributed by atoms with van der Waals surface area (Å²) < 4.78 is 5.81. The van der Waals surface area contributed by atoms with Crippen LogP contribution in [-0.4, -0.2) is 65.2 Å². The average molecular weight is 592 g/mol. The zero-order valence-corrected chi connectivity index (χ0v) is 23.4. The standard InChI is InChI=1S/C28H32BrClN2O5/c1-17(2)13-23-20-8-7-18(30)14-22(20)24(21-5-3-4-6-25(21)29)15-32(27(23)34)16-26(33)31-11-9-19(10-12-31)37-28(35)36/h3-8,14,17,19,23-24H,9-13,15-16H2,1-2H3,(H,35,36). The number of halogens is 2. The van der Waals surface area contributed by atoms with Gasteiger partial charge in [-0.05, 0) is 47.2 Å². The van der Waals surface area contributed by atoms with Gasteiger partial charge in [0.1, 0.15) is 6.10 Å². The number of hydrogen-bond acceptors (Lipinski definition) is 4. The van der Waals surface area contributed by atoms with Crippen LogP contribution in [0.2, 0.25) is 5.02 Å². The first kappa shape index (κ1) is 27.5. The van der Waals surface area contributed by atoms with Crippen molar-refractivity contribution in [2.75, 3.05) is 26.2 Å². The van der Waals surface area contributed by atoms with Gasteiger partial charge in [0.25, 0.3) is 0 Å². The van der Waals surface area contributed by atoms with Crippen molar-refractivity contribution in [2.24, 2.45) is 5.92 Å². The molecule has 2 heterocycles. The summed E-state index contributed by atoms with van der Waals surface area (Å²) in [6.07, 6.45) is -0.139. The molecule has 4 rings (SSSR count). The summed E-state index contributed by atoms with van der Waals surface area (Å²) in [5.41, 5.74) is 3.01. The number of carbonyl (C=O) groups is 3. The van der Waals surface area contributed by atoms with Crippen LogP contribution in [-0.2, 0) is 14.3 Å². The Hall–Kier alpha value is -2.58. The third-order valence-electron chi connectivity index (χ3n) is 7.19. The fourth-order valence-corrected chi connectivity index (χ4v) is 6.16. The molecule has 0 spiro atoms. The molecule has 2 amide bonds. The molecule has 198 valence electrons. The summed E-state index contributed by atoms with van der Waals surface area (Å²) in [6.45, 7) is 5.32. The van der Waals surface area contributed by atoms with E-state index >= 15 is 0 Å². The average Bonchev–Trinajstić information content (AvgIpc) is 2.94. The Bertz CT molecular complexity index is 1170. The first-order chi connectivity index (χ1) is 17.6. The number of fused-ring (bicyclic) bond motifs is 1. The Labute approximate surface area is 230 Å². The lowest BCUT2D eigenvalue weighted by atomic mass is 9.82. The number of likely N-dealkylation sites (tertiary alicyclic amines) is 1. The van der Waals surface area contributed by atoms with Crippen LogP contribution in [0.1, 0.15) is 61.6 Å². The summed E-state index contributed by atoms with van der Waals surface area (Å²) in [5.74, 6) is -0.442. The molecule has 1 fully saturated rings. The van der Waals surface area contributed by atoms with E-state index in [-0.39, 0.29) is 36.1 Å². The topological polar surface area (TPSA) is 87.2 Å². The highest BCUT2D eigenvalue weighted by molar-refractivity contribution is 9.10. The lowest BCUT2D eigenvalue weighted by molar-refractivity contribution is -0.142. The van der Waals surface area contributed by atoms with Crippen molar-refractivity contribution in [3.63, 3.8) is 0 Å². The van der Waals surface area contributed by atoms with Gasteiger partial charge >= 0.3 is 6.16 Å².